The zero-order chi connectivity index (χ0) is 10.1. The summed E-state index contributed by atoms with van der Waals surface area (Å²) in [6.45, 7) is 1.98. The normalized spacial score (nSPS) is 19.9. The average Bonchev–Trinajstić information content (AvgIpc) is 2.74. The number of rotatable bonds is 1. The predicted molar refractivity (Wildman–Crippen MR) is 60.3 cm³/mol. The van der Waals surface area contributed by atoms with E-state index in [-0.39, 0.29) is 0 Å². The van der Waals surface area contributed by atoms with Crippen LogP contribution in [0.3, 0.4) is 0 Å². The van der Waals surface area contributed by atoms with Crippen molar-refractivity contribution in [2.24, 2.45) is 0 Å². The second-order valence-corrected chi connectivity index (χ2v) is 4.08. The highest BCUT2D eigenvalue weighted by Gasteiger charge is 2.15. The topological polar surface area (TPSA) is 40.7 Å². The van der Waals surface area contributed by atoms with E-state index in [4.69, 9.17) is 0 Å². The van der Waals surface area contributed by atoms with E-state index in [0.29, 0.717) is 0 Å². The van der Waals surface area contributed by atoms with Crippen molar-refractivity contribution in [3.05, 3.63) is 35.4 Å². The van der Waals surface area contributed by atoms with E-state index in [0.717, 1.165) is 38.2 Å². The Labute approximate surface area is 89.3 Å². The monoisotopic (exact) mass is 201 g/mol. The molecule has 2 N–H and O–H groups in total. The van der Waals surface area contributed by atoms with Gasteiger partial charge in [-0.1, -0.05) is 18.2 Å². The van der Waals surface area contributed by atoms with E-state index in [1.165, 1.54) is 17.0 Å². The van der Waals surface area contributed by atoms with Crippen LogP contribution >= 0.6 is 0 Å². The first-order chi connectivity index (χ1) is 7.43. The molecular weight excluding hydrogens is 186 g/mol. The molecule has 0 amide bonds. The molecule has 0 radical (unpaired) electrons. The molecule has 1 aromatic rings. The SMILES string of the molecule is C1=CC(c2nc3c([nH]2)CNCC3)=CCC1. The number of imidazole rings is 1. The molecule has 3 heteroatoms. The summed E-state index contributed by atoms with van der Waals surface area (Å²) in [7, 11) is 0. The Hall–Kier alpha value is -1.35. The molecule has 3 rings (SSSR count). The van der Waals surface area contributed by atoms with Gasteiger partial charge in [-0.15, -0.1) is 0 Å². The van der Waals surface area contributed by atoms with E-state index in [2.05, 4.69) is 33.5 Å². The summed E-state index contributed by atoms with van der Waals surface area (Å²) in [6.07, 6.45) is 9.98. The van der Waals surface area contributed by atoms with Crippen LogP contribution in [0.1, 0.15) is 30.1 Å². The van der Waals surface area contributed by atoms with Crippen LogP contribution in [0, 0.1) is 0 Å². The van der Waals surface area contributed by atoms with Crippen LogP contribution in [0.4, 0.5) is 0 Å². The molecule has 0 atom stereocenters. The Morgan fingerprint density at radius 3 is 3.07 bits per heavy atom. The summed E-state index contributed by atoms with van der Waals surface area (Å²) in [5.74, 6) is 1.04. The van der Waals surface area contributed by atoms with Gasteiger partial charge in [0.2, 0.25) is 0 Å². The van der Waals surface area contributed by atoms with Gasteiger partial charge in [-0.25, -0.2) is 4.98 Å². The number of H-pyrrole nitrogens is 1. The average molecular weight is 201 g/mol. The van der Waals surface area contributed by atoms with Crippen LogP contribution in [-0.4, -0.2) is 16.5 Å². The van der Waals surface area contributed by atoms with Crippen molar-refractivity contribution in [3.8, 4) is 0 Å². The molecule has 0 aromatic carbocycles. The zero-order valence-corrected chi connectivity index (χ0v) is 8.71. The lowest BCUT2D eigenvalue weighted by Gasteiger charge is -2.09. The van der Waals surface area contributed by atoms with Crippen molar-refractivity contribution >= 4 is 5.57 Å². The van der Waals surface area contributed by atoms with Gasteiger partial charge in [0.15, 0.2) is 0 Å². The molecule has 0 bridgehead atoms. The predicted octanol–water partition coefficient (Wildman–Crippen LogP) is 1.79. The van der Waals surface area contributed by atoms with Gasteiger partial charge >= 0.3 is 0 Å². The third kappa shape index (κ3) is 1.63. The van der Waals surface area contributed by atoms with Crippen molar-refractivity contribution in [1.82, 2.24) is 15.3 Å². The first-order valence-corrected chi connectivity index (χ1v) is 5.59. The van der Waals surface area contributed by atoms with Crippen LogP contribution in [-0.2, 0) is 13.0 Å². The maximum absolute atomic E-state index is 4.66. The molecule has 0 fully saturated rings. The van der Waals surface area contributed by atoms with Crippen LogP contribution in [0.25, 0.3) is 5.57 Å². The smallest absolute Gasteiger partial charge is 0.137 e. The summed E-state index contributed by atoms with van der Waals surface area (Å²) >= 11 is 0. The third-order valence-corrected chi connectivity index (χ3v) is 2.97. The van der Waals surface area contributed by atoms with Gasteiger partial charge in [-0.05, 0) is 12.8 Å². The Morgan fingerprint density at radius 2 is 2.27 bits per heavy atom. The van der Waals surface area contributed by atoms with Gasteiger partial charge in [-0.3, -0.25) is 0 Å². The molecular formula is C12H15N3. The summed E-state index contributed by atoms with van der Waals surface area (Å²) in [5.41, 5.74) is 3.75. The summed E-state index contributed by atoms with van der Waals surface area (Å²) in [6, 6.07) is 0. The quantitative estimate of drug-likeness (QED) is 0.727. The fourth-order valence-electron chi connectivity index (χ4n) is 2.14. The van der Waals surface area contributed by atoms with Gasteiger partial charge in [-0.2, -0.15) is 0 Å². The van der Waals surface area contributed by atoms with Gasteiger partial charge in [0.1, 0.15) is 5.82 Å². The van der Waals surface area contributed by atoms with Crippen LogP contribution in [0.15, 0.2) is 18.2 Å². The number of nitrogens with zero attached hydrogens (tertiary/aromatic N) is 1. The molecule has 0 spiro atoms. The number of allylic oxidation sites excluding steroid dienone is 4. The van der Waals surface area contributed by atoms with Gasteiger partial charge in [0.25, 0.3) is 0 Å². The first-order valence-electron chi connectivity index (χ1n) is 5.59. The first kappa shape index (κ1) is 8.92. The van der Waals surface area contributed by atoms with Crippen molar-refractivity contribution in [2.45, 2.75) is 25.8 Å². The number of hydrogen-bond donors (Lipinski definition) is 2. The second kappa shape index (κ2) is 3.66. The summed E-state index contributed by atoms with van der Waals surface area (Å²) in [5, 5.41) is 3.35. The Balaban J connectivity index is 1.95. The standard InChI is InChI=1S/C12H15N3/c1-2-4-9(5-3-1)12-14-10-6-7-13-8-11(10)15-12/h2,4-5,13H,1,3,6-8H2,(H,14,15). The fraction of sp³-hybridized carbons (Fsp3) is 0.417. The van der Waals surface area contributed by atoms with Crippen LogP contribution in [0.5, 0.6) is 0 Å². The molecule has 1 aliphatic carbocycles. The number of nitrogens with one attached hydrogen (secondary N) is 2. The molecule has 2 heterocycles. The molecule has 0 saturated heterocycles. The zero-order valence-electron chi connectivity index (χ0n) is 8.71. The number of hydrogen-bond acceptors (Lipinski definition) is 2. The lowest BCUT2D eigenvalue weighted by atomic mass is 10.1. The van der Waals surface area contributed by atoms with Crippen molar-refractivity contribution < 1.29 is 0 Å². The van der Waals surface area contributed by atoms with E-state index in [1.54, 1.807) is 0 Å². The minimum atomic E-state index is 0.930. The Bertz CT molecular complexity index is 403. The van der Waals surface area contributed by atoms with Gasteiger partial charge in [0.05, 0.1) is 11.4 Å². The lowest BCUT2D eigenvalue weighted by molar-refractivity contribution is 0.627. The molecule has 1 aromatic heterocycles. The van der Waals surface area contributed by atoms with Crippen LogP contribution < -0.4 is 5.32 Å². The lowest BCUT2D eigenvalue weighted by Crippen LogP contribution is -2.23. The molecule has 78 valence electrons. The number of fused-ring (bicyclic) bond motifs is 1. The molecule has 0 saturated carbocycles. The molecule has 15 heavy (non-hydrogen) atoms. The minimum absolute atomic E-state index is 0.930. The number of aromatic nitrogens is 2. The maximum atomic E-state index is 4.66. The van der Waals surface area contributed by atoms with E-state index in [9.17, 15) is 0 Å². The molecule has 3 nitrogen and oxygen atoms in total. The highest BCUT2D eigenvalue weighted by molar-refractivity contribution is 5.70. The van der Waals surface area contributed by atoms with Crippen molar-refractivity contribution in [2.75, 3.05) is 6.54 Å². The second-order valence-electron chi connectivity index (χ2n) is 4.08. The minimum Gasteiger partial charge on any atom is -0.341 e. The third-order valence-electron chi connectivity index (χ3n) is 2.97. The van der Waals surface area contributed by atoms with Crippen molar-refractivity contribution in [3.63, 3.8) is 0 Å². The van der Waals surface area contributed by atoms with E-state index in [1.807, 2.05) is 0 Å². The Morgan fingerprint density at radius 1 is 1.27 bits per heavy atom. The maximum Gasteiger partial charge on any atom is 0.137 e. The fourth-order valence-corrected chi connectivity index (χ4v) is 2.14. The van der Waals surface area contributed by atoms with E-state index < -0.39 is 0 Å². The molecule has 1 aliphatic heterocycles. The Kier molecular flexibility index (Phi) is 2.18. The highest BCUT2D eigenvalue weighted by Crippen LogP contribution is 2.21. The summed E-state index contributed by atoms with van der Waals surface area (Å²) < 4.78 is 0. The van der Waals surface area contributed by atoms with Crippen molar-refractivity contribution in [1.29, 1.82) is 0 Å². The van der Waals surface area contributed by atoms with E-state index >= 15 is 0 Å². The van der Waals surface area contributed by atoms with Crippen LogP contribution in [0.2, 0.25) is 0 Å². The van der Waals surface area contributed by atoms with Gasteiger partial charge in [0, 0.05) is 25.1 Å². The highest BCUT2D eigenvalue weighted by atomic mass is 15.0. The number of aromatic amines is 1. The molecule has 2 aliphatic rings. The molecule has 0 unspecified atom stereocenters. The summed E-state index contributed by atoms with van der Waals surface area (Å²) in [4.78, 5) is 8.07. The largest absolute Gasteiger partial charge is 0.341 e. The van der Waals surface area contributed by atoms with Gasteiger partial charge < -0.3 is 10.3 Å².